The fourth-order valence-electron chi connectivity index (χ4n) is 2.69. The highest BCUT2D eigenvalue weighted by molar-refractivity contribution is 6.08. The van der Waals surface area contributed by atoms with Gasteiger partial charge in [0.25, 0.3) is 5.91 Å². The van der Waals surface area contributed by atoms with Crippen LogP contribution < -0.4 is 10.6 Å². The molecule has 6 heteroatoms. The Morgan fingerprint density at radius 2 is 2.24 bits per heavy atom. The maximum atomic E-state index is 11.8. The molecular weight excluding hydrogens is 222 g/mol. The van der Waals surface area contributed by atoms with Crippen LogP contribution in [-0.2, 0) is 9.59 Å². The van der Waals surface area contributed by atoms with Gasteiger partial charge >= 0.3 is 6.03 Å². The van der Waals surface area contributed by atoms with E-state index in [4.69, 9.17) is 0 Å². The van der Waals surface area contributed by atoms with Crippen molar-refractivity contribution in [2.45, 2.75) is 38.3 Å². The highest BCUT2D eigenvalue weighted by atomic mass is 16.2. The van der Waals surface area contributed by atoms with Gasteiger partial charge in [-0.25, -0.2) is 4.79 Å². The van der Waals surface area contributed by atoms with E-state index >= 15 is 0 Å². The zero-order chi connectivity index (χ0) is 12.6. The van der Waals surface area contributed by atoms with Gasteiger partial charge in [-0.3, -0.25) is 19.8 Å². The van der Waals surface area contributed by atoms with Gasteiger partial charge in [0.15, 0.2) is 0 Å². The van der Waals surface area contributed by atoms with E-state index < -0.39 is 11.6 Å². The summed E-state index contributed by atoms with van der Waals surface area (Å²) in [5.41, 5.74) is -0.900. The fraction of sp³-hybridized carbons (Fsp3) is 0.727. The molecule has 2 atom stereocenters. The standard InChI is InChI=1S/C11H17N3O3/c1-3-4-14-6-11(5-8(14)7(2)15)9(16)12-10(17)13-11/h8H,3-6H2,1-2H3,(H2,12,13,16,17)/t8-,11-/m0/s1. The highest BCUT2D eigenvalue weighted by Crippen LogP contribution is 2.30. The Morgan fingerprint density at radius 1 is 1.53 bits per heavy atom. The third kappa shape index (κ3) is 1.93. The molecule has 3 amide bonds. The van der Waals surface area contributed by atoms with Crippen LogP contribution in [-0.4, -0.2) is 47.3 Å². The van der Waals surface area contributed by atoms with Crippen LogP contribution in [0.1, 0.15) is 26.7 Å². The summed E-state index contributed by atoms with van der Waals surface area (Å²) in [7, 11) is 0. The molecule has 0 aromatic rings. The molecule has 0 unspecified atom stereocenters. The first-order valence-electron chi connectivity index (χ1n) is 5.86. The van der Waals surface area contributed by atoms with E-state index in [9.17, 15) is 14.4 Å². The van der Waals surface area contributed by atoms with Gasteiger partial charge in [0.1, 0.15) is 11.3 Å². The SMILES string of the molecule is CCCN1C[C@]2(C[C@H]1C(C)=O)NC(=O)NC2=O. The molecular formula is C11H17N3O3. The number of hydrogen-bond donors (Lipinski definition) is 2. The zero-order valence-corrected chi connectivity index (χ0v) is 10.1. The second-order valence-corrected chi connectivity index (χ2v) is 4.79. The molecule has 0 radical (unpaired) electrons. The Bertz CT molecular complexity index is 382. The van der Waals surface area contributed by atoms with Gasteiger partial charge in [0, 0.05) is 13.0 Å². The summed E-state index contributed by atoms with van der Waals surface area (Å²) < 4.78 is 0. The molecule has 0 aromatic carbocycles. The minimum atomic E-state index is -0.900. The third-order valence-corrected chi connectivity index (χ3v) is 3.45. The summed E-state index contributed by atoms with van der Waals surface area (Å²) in [4.78, 5) is 36.6. The number of carbonyl (C=O) groups excluding carboxylic acids is 3. The Hall–Kier alpha value is -1.43. The molecule has 2 heterocycles. The number of ketones is 1. The Morgan fingerprint density at radius 3 is 2.71 bits per heavy atom. The van der Waals surface area contributed by atoms with Gasteiger partial charge in [-0.2, -0.15) is 0 Å². The maximum absolute atomic E-state index is 11.8. The van der Waals surface area contributed by atoms with Crippen molar-refractivity contribution in [3.05, 3.63) is 0 Å². The van der Waals surface area contributed by atoms with Crippen LogP contribution >= 0.6 is 0 Å². The van der Waals surface area contributed by atoms with Crippen molar-refractivity contribution in [2.24, 2.45) is 0 Å². The minimum Gasteiger partial charge on any atom is -0.322 e. The molecule has 2 saturated heterocycles. The number of nitrogens with one attached hydrogen (secondary N) is 2. The predicted molar refractivity (Wildman–Crippen MR) is 60.4 cm³/mol. The molecule has 2 fully saturated rings. The number of hydrogen-bond acceptors (Lipinski definition) is 4. The van der Waals surface area contributed by atoms with E-state index in [1.807, 2.05) is 11.8 Å². The molecule has 0 aliphatic carbocycles. The summed E-state index contributed by atoms with van der Waals surface area (Å²) in [5.74, 6) is -0.267. The molecule has 0 aromatic heterocycles. The van der Waals surface area contributed by atoms with Crippen molar-refractivity contribution in [1.82, 2.24) is 15.5 Å². The minimum absolute atomic E-state index is 0.0456. The molecule has 2 aliphatic rings. The van der Waals surface area contributed by atoms with Gasteiger partial charge in [0.2, 0.25) is 0 Å². The van der Waals surface area contributed by atoms with Gasteiger partial charge in [-0.15, -0.1) is 0 Å². The lowest BCUT2D eigenvalue weighted by atomic mass is 9.95. The lowest BCUT2D eigenvalue weighted by Crippen LogP contribution is -2.49. The van der Waals surface area contributed by atoms with Crippen molar-refractivity contribution in [3.63, 3.8) is 0 Å². The number of amides is 3. The number of carbonyl (C=O) groups is 3. The maximum Gasteiger partial charge on any atom is 0.322 e. The number of rotatable bonds is 3. The van der Waals surface area contributed by atoms with Crippen LogP contribution in [0.4, 0.5) is 4.79 Å². The first kappa shape index (κ1) is 12.0. The smallest absolute Gasteiger partial charge is 0.322 e. The number of nitrogens with zero attached hydrogens (tertiary/aromatic N) is 1. The highest BCUT2D eigenvalue weighted by Gasteiger charge is 2.54. The quantitative estimate of drug-likeness (QED) is 0.659. The molecule has 0 saturated carbocycles. The molecule has 1 spiro atoms. The summed E-state index contributed by atoms with van der Waals surface area (Å²) in [6.45, 7) is 4.73. The monoisotopic (exact) mass is 239 g/mol. The largest absolute Gasteiger partial charge is 0.322 e. The van der Waals surface area contributed by atoms with Crippen LogP contribution in [0.2, 0.25) is 0 Å². The Kier molecular flexibility index (Phi) is 2.91. The second-order valence-electron chi connectivity index (χ2n) is 4.79. The van der Waals surface area contributed by atoms with Crippen LogP contribution in [0.15, 0.2) is 0 Å². The number of urea groups is 1. The van der Waals surface area contributed by atoms with Gasteiger partial charge < -0.3 is 5.32 Å². The number of imide groups is 1. The molecule has 17 heavy (non-hydrogen) atoms. The van der Waals surface area contributed by atoms with E-state index in [0.29, 0.717) is 13.0 Å². The van der Waals surface area contributed by atoms with Gasteiger partial charge in [0.05, 0.1) is 6.04 Å². The van der Waals surface area contributed by atoms with Crippen molar-refractivity contribution in [1.29, 1.82) is 0 Å². The summed E-state index contributed by atoms with van der Waals surface area (Å²) in [5, 5.41) is 4.90. The van der Waals surface area contributed by atoms with Crippen LogP contribution in [0.5, 0.6) is 0 Å². The lowest BCUT2D eigenvalue weighted by molar-refractivity contribution is -0.123. The van der Waals surface area contributed by atoms with Crippen molar-refractivity contribution >= 4 is 17.7 Å². The Balaban J connectivity index is 2.21. The topological polar surface area (TPSA) is 78.5 Å². The molecule has 6 nitrogen and oxygen atoms in total. The van der Waals surface area contributed by atoms with Crippen LogP contribution in [0.3, 0.4) is 0 Å². The van der Waals surface area contributed by atoms with E-state index in [2.05, 4.69) is 10.6 Å². The first-order valence-corrected chi connectivity index (χ1v) is 5.86. The van der Waals surface area contributed by atoms with Gasteiger partial charge in [-0.05, 0) is 19.9 Å². The molecule has 2 N–H and O–H groups in total. The van der Waals surface area contributed by atoms with Crippen LogP contribution in [0, 0.1) is 0 Å². The van der Waals surface area contributed by atoms with Crippen molar-refractivity contribution in [3.8, 4) is 0 Å². The third-order valence-electron chi connectivity index (χ3n) is 3.45. The number of likely N-dealkylation sites (tertiary alicyclic amines) is 1. The number of Topliss-reactive ketones (excluding diaryl/α,β-unsaturated/α-hetero) is 1. The molecule has 2 rings (SSSR count). The lowest BCUT2D eigenvalue weighted by Gasteiger charge is -2.21. The summed E-state index contributed by atoms with van der Waals surface area (Å²) in [6.07, 6.45) is 1.29. The summed E-state index contributed by atoms with van der Waals surface area (Å²) in [6, 6.07) is -0.727. The normalized spacial score (nSPS) is 32.9. The first-order chi connectivity index (χ1) is 7.98. The zero-order valence-electron chi connectivity index (χ0n) is 10.1. The van der Waals surface area contributed by atoms with Gasteiger partial charge in [-0.1, -0.05) is 6.92 Å². The molecule has 0 bridgehead atoms. The predicted octanol–water partition coefficient (Wildman–Crippen LogP) is -0.362. The molecule has 94 valence electrons. The van der Waals surface area contributed by atoms with Crippen LogP contribution in [0.25, 0.3) is 0 Å². The average molecular weight is 239 g/mol. The van der Waals surface area contributed by atoms with Crippen molar-refractivity contribution in [2.75, 3.05) is 13.1 Å². The average Bonchev–Trinajstić information content (AvgIpc) is 2.70. The van der Waals surface area contributed by atoms with E-state index in [1.165, 1.54) is 6.92 Å². The van der Waals surface area contributed by atoms with E-state index in [-0.39, 0.29) is 17.7 Å². The van der Waals surface area contributed by atoms with E-state index in [0.717, 1.165) is 13.0 Å². The second kappa shape index (κ2) is 4.10. The van der Waals surface area contributed by atoms with E-state index in [1.54, 1.807) is 0 Å². The van der Waals surface area contributed by atoms with Crippen molar-refractivity contribution < 1.29 is 14.4 Å². The summed E-state index contributed by atoms with van der Waals surface area (Å²) >= 11 is 0. The molecule has 2 aliphatic heterocycles. The Labute approximate surface area is 99.7 Å². The fourth-order valence-corrected chi connectivity index (χ4v) is 2.69.